The molecule has 1 N–H and O–H groups in total. The zero-order chi connectivity index (χ0) is 31.5. The van der Waals surface area contributed by atoms with Crippen LogP contribution in [0.2, 0.25) is 0 Å². The number of cyclic esters (lactones) is 1. The van der Waals surface area contributed by atoms with Crippen LogP contribution in [0.5, 0.6) is 0 Å². The molecule has 1 fully saturated rings. The second-order valence-electron chi connectivity index (χ2n) is 12.9. The van der Waals surface area contributed by atoms with E-state index in [0.29, 0.717) is 41.4 Å². The third-order valence-electron chi connectivity index (χ3n) is 8.48. The molecule has 5 rings (SSSR count). The van der Waals surface area contributed by atoms with Gasteiger partial charge in [-0.3, -0.25) is 19.3 Å². The number of aromatic nitrogens is 1. The molecule has 0 aliphatic carbocycles. The Kier molecular flexibility index (Phi) is 8.93. The van der Waals surface area contributed by atoms with E-state index in [2.05, 4.69) is 9.71 Å². The van der Waals surface area contributed by atoms with E-state index < -0.39 is 38.8 Å². The van der Waals surface area contributed by atoms with Gasteiger partial charge in [-0.05, 0) is 60.1 Å². The molecule has 0 amide bonds. The van der Waals surface area contributed by atoms with E-state index in [4.69, 9.17) is 4.74 Å². The number of esters is 1. The fraction of sp³-hybridized carbons (Fsp3) is 0.361. The second kappa shape index (κ2) is 12.5. The maximum atomic E-state index is 14.0. The normalized spacial score (nSPS) is 19.9. The number of para-hydroxylation sites is 1. The number of anilines is 1. The summed E-state index contributed by atoms with van der Waals surface area (Å²) in [4.78, 5) is 32.2. The maximum absolute atomic E-state index is 14.0. The number of sulfonamides is 1. The van der Waals surface area contributed by atoms with Crippen LogP contribution in [-0.2, 0) is 30.8 Å². The second-order valence-corrected chi connectivity index (χ2v) is 14.5. The largest absolute Gasteiger partial charge is 0.458 e. The Morgan fingerprint density at radius 2 is 1.68 bits per heavy atom. The highest BCUT2D eigenvalue weighted by Crippen LogP contribution is 2.47. The van der Waals surface area contributed by atoms with Crippen LogP contribution in [0.25, 0.3) is 10.9 Å². The topological polar surface area (TPSA) is 102 Å². The molecule has 0 radical (unpaired) electrons. The van der Waals surface area contributed by atoms with Gasteiger partial charge in [0.2, 0.25) is 0 Å². The van der Waals surface area contributed by atoms with Crippen LogP contribution in [0.4, 0.5) is 5.69 Å². The standard InChI is InChI=1S/C36H40N2O5S/c1-5-20-36(21-19-25-12-7-6-8-13-25)24-29(39)31(34(40)43-36)32(35(2,3)4)27-15-9-17-28(23-27)38-44(41,42)30-18-10-14-26-16-11-22-37-33(26)30/h6-18,22-23,31-32,38H,5,19-21,24H2,1-4H3. The highest BCUT2D eigenvalue weighted by atomic mass is 32.2. The quantitative estimate of drug-likeness (QED) is 0.147. The molecule has 7 nitrogen and oxygen atoms in total. The van der Waals surface area contributed by atoms with Gasteiger partial charge in [-0.1, -0.05) is 94.8 Å². The monoisotopic (exact) mass is 612 g/mol. The Balaban J connectivity index is 1.43. The van der Waals surface area contributed by atoms with Crippen molar-refractivity contribution in [2.24, 2.45) is 11.3 Å². The van der Waals surface area contributed by atoms with E-state index in [-0.39, 0.29) is 17.1 Å². The highest BCUT2D eigenvalue weighted by molar-refractivity contribution is 7.93. The van der Waals surface area contributed by atoms with Gasteiger partial charge in [0.25, 0.3) is 10.0 Å². The van der Waals surface area contributed by atoms with E-state index in [9.17, 15) is 18.0 Å². The molecule has 2 heterocycles. The predicted octanol–water partition coefficient (Wildman–Crippen LogP) is 7.47. The smallest absolute Gasteiger partial charge is 0.317 e. The average Bonchev–Trinajstić information content (AvgIpc) is 2.97. The molecular weight excluding hydrogens is 572 g/mol. The Hall–Kier alpha value is -4.04. The average molecular weight is 613 g/mol. The lowest BCUT2D eigenvalue weighted by Gasteiger charge is -2.44. The van der Waals surface area contributed by atoms with Crippen molar-refractivity contribution in [3.63, 3.8) is 0 Å². The van der Waals surface area contributed by atoms with Gasteiger partial charge in [-0.25, -0.2) is 8.42 Å². The fourth-order valence-corrected chi connectivity index (χ4v) is 7.79. The fourth-order valence-electron chi connectivity index (χ4n) is 6.56. The lowest BCUT2D eigenvalue weighted by molar-refractivity contribution is -0.182. The van der Waals surface area contributed by atoms with Crippen molar-refractivity contribution in [2.75, 3.05) is 4.72 Å². The molecule has 1 aliphatic heterocycles. The first-order valence-electron chi connectivity index (χ1n) is 15.2. The number of hydrogen-bond donors (Lipinski definition) is 1. The SMILES string of the molecule is CCCC1(CCc2ccccc2)CC(=O)C(C(c2cccc(NS(=O)(=O)c3cccc4cccnc34)c2)C(C)(C)C)C(=O)O1. The number of ketones is 1. The van der Waals surface area contributed by atoms with Crippen molar-refractivity contribution in [3.8, 4) is 0 Å². The number of nitrogens with one attached hydrogen (secondary N) is 1. The summed E-state index contributed by atoms with van der Waals surface area (Å²) in [6.07, 6.45) is 4.42. The number of ether oxygens (including phenoxy) is 1. The molecule has 1 aromatic heterocycles. The molecule has 0 spiro atoms. The molecule has 4 aromatic rings. The molecular formula is C36H40N2O5S. The van der Waals surface area contributed by atoms with Crippen LogP contribution in [-0.4, -0.2) is 30.8 Å². The van der Waals surface area contributed by atoms with Crippen molar-refractivity contribution in [1.29, 1.82) is 0 Å². The van der Waals surface area contributed by atoms with Crippen molar-refractivity contribution in [3.05, 3.63) is 102 Å². The van der Waals surface area contributed by atoms with E-state index >= 15 is 0 Å². The van der Waals surface area contributed by atoms with E-state index in [0.717, 1.165) is 12.0 Å². The van der Waals surface area contributed by atoms with E-state index in [1.54, 1.807) is 36.5 Å². The van der Waals surface area contributed by atoms with Gasteiger partial charge in [-0.2, -0.15) is 0 Å². The summed E-state index contributed by atoms with van der Waals surface area (Å²) >= 11 is 0. The van der Waals surface area contributed by atoms with Gasteiger partial charge < -0.3 is 4.74 Å². The molecule has 1 saturated heterocycles. The number of pyridine rings is 1. The van der Waals surface area contributed by atoms with Gasteiger partial charge in [0.05, 0.1) is 5.52 Å². The number of benzene rings is 3. The Bertz CT molecular complexity index is 1740. The highest BCUT2D eigenvalue weighted by Gasteiger charge is 2.51. The molecule has 44 heavy (non-hydrogen) atoms. The molecule has 3 aromatic carbocycles. The van der Waals surface area contributed by atoms with Crippen LogP contribution in [0.1, 0.15) is 70.4 Å². The summed E-state index contributed by atoms with van der Waals surface area (Å²) in [5.74, 6) is -2.16. The number of hydrogen-bond acceptors (Lipinski definition) is 6. The third-order valence-corrected chi connectivity index (χ3v) is 9.89. The molecule has 8 heteroatoms. The summed E-state index contributed by atoms with van der Waals surface area (Å²) in [7, 11) is -3.99. The van der Waals surface area contributed by atoms with Crippen LogP contribution in [0.3, 0.4) is 0 Å². The minimum atomic E-state index is -3.99. The summed E-state index contributed by atoms with van der Waals surface area (Å²) in [6.45, 7) is 7.99. The number of rotatable bonds is 10. The van der Waals surface area contributed by atoms with Crippen LogP contribution in [0.15, 0.2) is 96.0 Å². The number of Topliss-reactive ketones (excluding diaryl/α,β-unsaturated/α-hetero) is 1. The zero-order valence-corrected chi connectivity index (χ0v) is 26.6. The molecule has 0 bridgehead atoms. The van der Waals surface area contributed by atoms with Gasteiger partial charge >= 0.3 is 5.97 Å². The summed E-state index contributed by atoms with van der Waals surface area (Å²) in [6, 6.07) is 25.6. The van der Waals surface area contributed by atoms with Crippen molar-refractivity contribution in [2.45, 2.75) is 76.2 Å². The first kappa shape index (κ1) is 31.4. The van der Waals surface area contributed by atoms with E-state index in [1.807, 2.05) is 76.2 Å². The maximum Gasteiger partial charge on any atom is 0.317 e. The minimum Gasteiger partial charge on any atom is -0.458 e. The van der Waals surface area contributed by atoms with Gasteiger partial charge in [0.15, 0.2) is 5.78 Å². The number of carbonyl (C=O) groups excluding carboxylic acids is 2. The first-order chi connectivity index (χ1) is 20.9. The number of aryl methyl sites for hydroxylation is 1. The first-order valence-corrected chi connectivity index (χ1v) is 16.7. The lowest BCUT2D eigenvalue weighted by Crippen LogP contribution is -2.51. The number of fused-ring (bicyclic) bond motifs is 1. The Labute approximate surface area is 260 Å². The number of carbonyl (C=O) groups is 2. The van der Waals surface area contributed by atoms with Crippen LogP contribution < -0.4 is 4.72 Å². The minimum absolute atomic E-state index is 0.0715. The third kappa shape index (κ3) is 6.70. The molecule has 3 atom stereocenters. The van der Waals surface area contributed by atoms with Crippen LogP contribution >= 0.6 is 0 Å². The van der Waals surface area contributed by atoms with Gasteiger partial charge in [0, 0.05) is 29.6 Å². The summed E-state index contributed by atoms with van der Waals surface area (Å²) in [5.41, 5.74) is 1.21. The molecule has 3 unspecified atom stereocenters. The van der Waals surface area contributed by atoms with Gasteiger partial charge in [0.1, 0.15) is 16.4 Å². The van der Waals surface area contributed by atoms with Crippen LogP contribution in [0, 0.1) is 11.3 Å². The molecule has 230 valence electrons. The van der Waals surface area contributed by atoms with Crippen molar-refractivity contribution in [1.82, 2.24) is 4.98 Å². The zero-order valence-electron chi connectivity index (χ0n) is 25.7. The molecule has 1 aliphatic rings. The van der Waals surface area contributed by atoms with E-state index in [1.165, 1.54) is 6.07 Å². The Morgan fingerprint density at radius 3 is 2.39 bits per heavy atom. The number of nitrogens with zero attached hydrogens (tertiary/aromatic N) is 1. The molecule has 0 saturated carbocycles. The predicted molar refractivity (Wildman–Crippen MR) is 173 cm³/mol. The summed E-state index contributed by atoms with van der Waals surface area (Å²) < 4.78 is 36.0. The lowest BCUT2D eigenvalue weighted by atomic mass is 9.65. The van der Waals surface area contributed by atoms with Crippen molar-refractivity contribution >= 4 is 38.4 Å². The Morgan fingerprint density at radius 1 is 0.955 bits per heavy atom. The van der Waals surface area contributed by atoms with Crippen molar-refractivity contribution < 1.29 is 22.7 Å². The van der Waals surface area contributed by atoms with Gasteiger partial charge in [-0.15, -0.1) is 0 Å². The summed E-state index contributed by atoms with van der Waals surface area (Å²) in [5, 5.41) is 0.717.